The van der Waals surface area contributed by atoms with E-state index in [0.717, 1.165) is 17.9 Å². The number of rotatable bonds is 6. The molecule has 0 aromatic carbocycles. The summed E-state index contributed by atoms with van der Waals surface area (Å²) in [6, 6.07) is 5.85. The molecule has 0 saturated heterocycles. The summed E-state index contributed by atoms with van der Waals surface area (Å²) in [5.41, 5.74) is 6.41. The van der Waals surface area contributed by atoms with Crippen LogP contribution in [0.25, 0.3) is 11.5 Å². The fourth-order valence-corrected chi connectivity index (χ4v) is 2.32. The summed E-state index contributed by atoms with van der Waals surface area (Å²) < 4.78 is 5.17. The van der Waals surface area contributed by atoms with Gasteiger partial charge in [0.2, 0.25) is 11.7 Å². The molecule has 2 N–H and O–H groups in total. The lowest BCUT2D eigenvalue weighted by Crippen LogP contribution is -2.15. The number of nitrogens with zero attached hydrogens (tertiary/aromatic N) is 3. The predicted molar refractivity (Wildman–Crippen MR) is 72.0 cm³/mol. The van der Waals surface area contributed by atoms with Crippen LogP contribution in [-0.2, 0) is 5.75 Å². The number of hydrogen-bond donors (Lipinski definition) is 1. The van der Waals surface area contributed by atoms with Crippen molar-refractivity contribution >= 4 is 11.8 Å². The Bertz CT molecular complexity index is 472. The highest BCUT2D eigenvalue weighted by atomic mass is 32.2. The van der Waals surface area contributed by atoms with Gasteiger partial charge in [-0.2, -0.15) is 16.7 Å². The second kappa shape index (κ2) is 6.51. The minimum absolute atomic E-state index is 0.240. The van der Waals surface area contributed by atoms with Gasteiger partial charge in [-0.15, -0.1) is 0 Å². The molecule has 0 spiro atoms. The summed E-state index contributed by atoms with van der Waals surface area (Å²) >= 11 is 1.75. The number of aromatic nitrogens is 3. The van der Waals surface area contributed by atoms with Crippen molar-refractivity contribution in [2.45, 2.75) is 25.1 Å². The maximum atomic E-state index is 5.68. The van der Waals surface area contributed by atoms with E-state index in [1.807, 2.05) is 25.1 Å². The first-order valence-corrected chi connectivity index (χ1v) is 6.98. The Morgan fingerprint density at radius 2 is 2.33 bits per heavy atom. The maximum Gasteiger partial charge on any atom is 0.237 e. The van der Waals surface area contributed by atoms with Gasteiger partial charge in [0.1, 0.15) is 5.69 Å². The van der Waals surface area contributed by atoms with Crippen LogP contribution in [0, 0.1) is 0 Å². The predicted octanol–water partition coefficient (Wildman–Crippen LogP) is 2.10. The zero-order valence-electron chi connectivity index (χ0n) is 10.2. The van der Waals surface area contributed by atoms with Crippen molar-refractivity contribution < 1.29 is 4.52 Å². The third-order valence-corrected chi connectivity index (χ3v) is 3.28. The Kier molecular flexibility index (Phi) is 4.72. The van der Waals surface area contributed by atoms with Crippen molar-refractivity contribution in [3.63, 3.8) is 0 Å². The first-order valence-electron chi connectivity index (χ1n) is 5.83. The molecule has 2 aromatic rings. The molecule has 0 aliphatic rings. The summed E-state index contributed by atoms with van der Waals surface area (Å²) in [7, 11) is 0. The fraction of sp³-hybridized carbons (Fsp3) is 0.417. The zero-order valence-corrected chi connectivity index (χ0v) is 11.1. The van der Waals surface area contributed by atoms with Gasteiger partial charge in [-0.05, 0) is 31.2 Å². The van der Waals surface area contributed by atoms with Crippen LogP contribution in [0.4, 0.5) is 0 Å². The summed E-state index contributed by atoms with van der Waals surface area (Å²) in [5, 5.41) is 3.91. The van der Waals surface area contributed by atoms with Crippen LogP contribution < -0.4 is 5.73 Å². The molecule has 1 unspecified atom stereocenters. The molecular weight excluding hydrogens is 248 g/mol. The van der Waals surface area contributed by atoms with Gasteiger partial charge in [-0.25, -0.2) is 0 Å². The summed E-state index contributed by atoms with van der Waals surface area (Å²) in [6.07, 6.45) is 2.70. The molecule has 18 heavy (non-hydrogen) atoms. The molecule has 6 heteroatoms. The van der Waals surface area contributed by atoms with Crippen LogP contribution in [0.3, 0.4) is 0 Å². The maximum absolute atomic E-state index is 5.68. The van der Waals surface area contributed by atoms with Crippen LogP contribution in [-0.4, -0.2) is 26.9 Å². The minimum atomic E-state index is 0.240. The Labute approximate surface area is 110 Å². The minimum Gasteiger partial charge on any atom is -0.338 e. The number of hydrogen-bond acceptors (Lipinski definition) is 6. The fourth-order valence-electron chi connectivity index (χ4n) is 1.34. The van der Waals surface area contributed by atoms with Crippen LogP contribution >= 0.6 is 11.8 Å². The van der Waals surface area contributed by atoms with Crippen LogP contribution in [0.5, 0.6) is 0 Å². The first kappa shape index (κ1) is 13.0. The molecule has 0 aliphatic heterocycles. The number of nitrogens with two attached hydrogens (primary N) is 1. The smallest absolute Gasteiger partial charge is 0.237 e. The Balaban J connectivity index is 1.87. The van der Waals surface area contributed by atoms with Gasteiger partial charge in [0.05, 0.1) is 5.75 Å². The van der Waals surface area contributed by atoms with E-state index >= 15 is 0 Å². The lowest BCUT2D eigenvalue weighted by Gasteiger charge is -2.01. The van der Waals surface area contributed by atoms with E-state index in [2.05, 4.69) is 15.1 Å². The van der Waals surface area contributed by atoms with Crippen molar-refractivity contribution in [1.29, 1.82) is 0 Å². The quantitative estimate of drug-likeness (QED) is 0.805. The first-order chi connectivity index (χ1) is 8.75. The lowest BCUT2D eigenvalue weighted by molar-refractivity contribution is 0.391. The molecule has 0 radical (unpaired) electrons. The zero-order chi connectivity index (χ0) is 12.8. The topological polar surface area (TPSA) is 77.8 Å². The van der Waals surface area contributed by atoms with Crippen LogP contribution in [0.1, 0.15) is 19.2 Å². The Morgan fingerprint density at radius 3 is 3.06 bits per heavy atom. The number of pyridine rings is 1. The molecule has 0 fully saturated rings. The van der Waals surface area contributed by atoms with Crippen LogP contribution in [0.2, 0.25) is 0 Å². The highest BCUT2D eigenvalue weighted by Gasteiger charge is 2.09. The van der Waals surface area contributed by atoms with Crippen molar-refractivity contribution in [3.05, 3.63) is 30.3 Å². The lowest BCUT2D eigenvalue weighted by atomic mass is 10.3. The summed E-state index contributed by atoms with van der Waals surface area (Å²) in [4.78, 5) is 8.48. The molecule has 2 aromatic heterocycles. The number of thioether (sulfide) groups is 1. The summed E-state index contributed by atoms with van der Waals surface area (Å²) in [5.74, 6) is 2.88. The van der Waals surface area contributed by atoms with Gasteiger partial charge in [-0.1, -0.05) is 11.2 Å². The van der Waals surface area contributed by atoms with Crippen molar-refractivity contribution in [1.82, 2.24) is 15.1 Å². The molecule has 96 valence electrons. The van der Waals surface area contributed by atoms with E-state index in [4.69, 9.17) is 10.3 Å². The molecule has 5 nitrogen and oxygen atoms in total. The van der Waals surface area contributed by atoms with E-state index in [1.165, 1.54) is 0 Å². The largest absolute Gasteiger partial charge is 0.338 e. The second-order valence-corrected chi connectivity index (χ2v) is 5.15. The average Bonchev–Trinajstić information content (AvgIpc) is 2.84. The van der Waals surface area contributed by atoms with Gasteiger partial charge >= 0.3 is 0 Å². The monoisotopic (exact) mass is 264 g/mol. The van der Waals surface area contributed by atoms with Gasteiger partial charge in [-0.3, -0.25) is 4.98 Å². The van der Waals surface area contributed by atoms with Gasteiger partial charge in [0.15, 0.2) is 0 Å². The molecular formula is C12H16N4OS. The van der Waals surface area contributed by atoms with Gasteiger partial charge < -0.3 is 10.3 Å². The highest BCUT2D eigenvalue weighted by Crippen LogP contribution is 2.16. The Hall–Kier alpha value is -1.40. The molecule has 0 saturated carbocycles. The van der Waals surface area contributed by atoms with Gasteiger partial charge in [0.25, 0.3) is 0 Å². The van der Waals surface area contributed by atoms with E-state index in [0.29, 0.717) is 17.5 Å². The molecule has 2 rings (SSSR count). The molecule has 0 aliphatic carbocycles. The van der Waals surface area contributed by atoms with Crippen molar-refractivity contribution in [2.24, 2.45) is 5.73 Å². The van der Waals surface area contributed by atoms with Crippen molar-refractivity contribution in [2.75, 3.05) is 5.75 Å². The molecule has 1 atom stereocenters. The van der Waals surface area contributed by atoms with E-state index < -0.39 is 0 Å². The normalized spacial score (nSPS) is 12.6. The van der Waals surface area contributed by atoms with Crippen LogP contribution in [0.15, 0.2) is 28.9 Å². The third kappa shape index (κ3) is 3.82. The average molecular weight is 264 g/mol. The second-order valence-electron chi connectivity index (χ2n) is 4.05. The summed E-state index contributed by atoms with van der Waals surface area (Å²) in [6.45, 7) is 2.01. The molecule has 0 amide bonds. The van der Waals surface area contributed by atoms with E-state index in [9.17, 15) is 0 Å². The molecule has 2 heterocycles. The molecule has 0 bridgehead atoms. The Morgan fingerprint density at radius 1 is 1.44 bits per heavy atom. The van der Waals surface area contributed by atoms with Gasteiger partial charge in [0, 0.05) is 12.2 Å². The third-order valence-electron chi connectivity index (χ3n) is 2.31. The SMILES string of the molecule is CC(N)CCSCc1nc(-c2ccccn2)no1. The highest BCUT2D eigenvalue weighted by molar-refractivity contribution is 7.98. The van der Waals surface area contributed by atoms with E-state index in [1.54, 1.807) is 18.0 Å². The standard InChI is InChI=1S/C12H16N4OS/c1-9(13)5-7-18-8-11-15-12(16-17-11)10-4-2-3-6-14-10/h2-4,6,9H,5,7-8,13H2,1H3. The van der Waals surface area contributed by atoms with Crippen molar-refractivity contribution in [3.8, 4) is 11.5 Å². The van der Waals surface area contributed by atoms with E-state index in [-0.39, 0.29) is 6.04 Å².